The van der Waals surface area contributed by atoms with Gasteiger partial charge in [-0.1, -0.05) is 29.8 Å². The molecule has 8 heteroatoms. The molecular formula is C25H29NO6S. The summed E-state index contributed by atoms with van der Waals surface area (Å²) in [6.07, 6.45) is 3.53. The van der Waals surface area contributed by atoms with E-state index in [0.717, 1.165) is 48.3 Å². The molecule has 1 aromatic heterocycles. The van der Waals surface area contributed by atoms with Gasteiger partial charge in [-0.2, -0.15) is 8.42 Å². The fourth-order valence-corrected chi connectivity index (χ4v) is 4.96. The molecule has 0 atom stereocenters. The van der Waals surface area contributed by atoms with Gasteiger partial charge >= 0.3 is 0 Å². The van der Waals surface area contributed by atoms with Crippen LogP contribution in [0.3, 0.4) is 0 Å². The Hall–Kier alpha value is -2.84. The summed E-state index contributed by atoms with van der Waals surface area (Å²) in [5, 5.41) is 4.04. The van der Waals surface area contributed by atoms with E-state index < -0.39 is 10.1 Å². The molecule has 3 aromatic rings. The Bertz CT molecular complexity index is 1130. The summed E-state index contributed by atoms with van der Waals surface area (Å²) in [6, 6.07) is 16.2. The van der Waals surface area contributed by atoms with Crippen LogP contribution in [0.15, 0.2) is 64.0 Å². The minimum Gasteiger partial charge on any atom is -0.497 e. The summed E-state index contributed by atoms with van der Waals surface area (Å²) in [6.45, 7) is 2.52. The molecule has 33 heavy (non-hydrogen) atoms. The molecular weight excluding hydrogens is 442 g/mol. The van der Waals surface area contributed by atoms with Crippen molar-refractivity contribution in [3.8, 4) is 11.6 Å². The third-order valence-corrected chi connectivity index (χ3v) is 7.37. The van der Waals surface area contributed by atoms with Crippen LogP contribution in [0.4, 0.5) is 0 Å². The molecule has 176 valence electrons. The third kappa shape index (κ3) is 6.15. The number of rotatable bonds is 9. The molecule has 0 radical (unpaired) electrons. The summed E-state index contributed by atoms with van der Waals surface area (Å²) < 4.78 is 46.6. The van der Waals surface area contributed by atoms with Crippen LogP contribution in [0.25, 0.3) is 0 Å². The van der Waals surface area contributed by atoms with Gasteiger partial charge in [0.15, 0.2) is 0 Å². The average molecular weight is 472 g/mol. The van der Waals surface area contributed by atoms with E-state index in [9.17, 15) is 8.42 Å². The lowest BCUT2D eigenvalue weighted by Gasteiger charge is -2.26. The maximum Gasteiger partial charge on any atom is 0.296 e. The lowest BCUT2D eigenvalue weighted by Crippen LogP contribution is -2.20. The van der Waals surface area contributed by atoms with E-state index in [1.165, 1.54) is 0 Å². The molecule has 2 aromatic carbocycles. The zero-order valence-electron chi connectivity index (χ0n) is 18.9. The Balaban J connectivity index is 1.23. The second-order valence-electron chi connectivity index (χ2n) is 8.47. The number of benzene rings is 2. The van der Waals surface area contributed by atoms with Gasteiger partial charge in [0.2, 0.25) is 0 Å². The predicted octanol–water partition coefficient (Wildman–Crippen LogP) is 5.25. The molecule has 4 rings (SSSR count). The monoisotopic (exact) mass is 471 g/mol. The maximum absolute atomic E-state index is 12.4. The Morgan fingerprint density at radius 2 is 1.70 bits per heavy atom. The van der Waals surface area contributed by atoms with Crippen LogP contribution >= 0.6 is 0 Å². The number of hydrogen-bond donors (Lipinski definition) is 0. The number of hydrogen-bond acceptors (Lipinski definition) is 7. The largest absolute Gasteiger partial charge is 0.497 e. The van der Waals surface area contributed by atoms with Crippen molar-refractivity contribution < 1.29 is 26.6 Å². The highest BCUT2D eigenvalue weighted by Gasteiger charge is 2.27. The van der Waals surface area contributed by atoms with Crippen molar-refractivity contribution in [2.24, 2.45) is 5.92 Å². The Morgan fingerprint density at radius 1 is 1.00 bits per heavy atom. The third-order valence-electron chi connectivity index (χ3n) is 6.07. The number of aromatic nitrogens is 1. The van der Waals surface area contributed by atoms with Crippen molar-refractivity contribution in [2.75, 3.05) is 13.7 Å². The van der Waals surface area contributed by atoms with E-state index in [0.29, 0.717) is 12.5 Å². The molecule has 0 bridgehead atoms. The number of ether oxygens (including phenoxy) is 2. The van der Waals surface area contributed by atoms with Gasteiger partial charge in [0.05, 0.1) is 18.6 Å². The topological polar surface area (TPSA) is 87.9 Å². The van der Waals surface area contributed by atoms with Gasteiger partial charge in [0, 0.05) is 12.0 Å². The first-order valence-corrected chi connectivity index (χ1v) is 12.5. The molecule has 1 fully saturated rings. The van der Waals surface area contributed by atoms with Gasteiger partial charge in [0.1, 0.15) is 18.1 Å². The second kappa shape index (κ2) is 10.4. The van der Waals surface area contributed by atoms with Gasteiger partial charge in [-0.25, -0.2) is 0 Å². The Morgan fingerprint density at radius 3 is 2.36 bits per heavy atom. The predicted molar refractivity (Wildman–Crippen MR) is 123 cm³/mol. The van der Waals surface area contributed by atoms with Gasteiger partial charge in [0.25, 0.3) is 16.0 Å². The van der Waals surface area contributed by atoms with Crippen molar-refractivity contribution in [1.29, 1.82) is 0 Å². The molecule has 0 spiro atoms. The molecule has 1 aliphatic rings. The molecule has 1 aliphatic carbocycles. The number of methoxy groups -OCH3 is 1. The van der Waals surface area contributed by atoms with Gasteiger partial charge in [-0.05, 0) is 73.5 Å². The molecule has 7 nitrogen and oxygen atoms in total. The normalized spacial score (nSPS) is 18.7. The molecule has 1 saturated carbocycles. The quantitative estimate of drug-likeness (QED) is 0.394. The summed E-state index contributed by atoms with van der Waals surface area (Å²) in [5.74, 6) is 2.54. The second-order valence-corrected chi connectivity index (χ2v) is 10.1. The SMILES string of the molecule is COc1ccc(COc2cc(C3CCC(COS(=O)(=O)c4ccc(C)cc4)CC3)on2)cc1. The van der Waals surface area contributed by atoms with Crippen LogP contribution in [0.2, 0.25) is 0 Å². The standard InChI is InChI=1S/C25H29NO6S/c1-18-3-13-23(14-4-18)33(27,28)31-17-20-5-9-21(10-6-20)24-15-25(26-32-24)30-16-19-7-11-22(29-2)12-8-19/h3-4,7-8,11-15,20-21H,5-6,9-10,16-17H2,1-2H3. The highest BCUT2D eigenvalue weighted by atomic mass is 32.2. The fraction of sp³-hybridized carbons (Fsp3) is 0.400. The number of nitrogens with zero attached hydrogens (tertiary/aromatic N) is 1. The minimum absolute atomic E-state index is 0.200. The van der Waals surface area contributed by atoms with E-state index in [4.69, 9.17) is 18.2 Å². The Labute approximate surface area is 194 Å². The maximum atomic E-state index is 12.4. The average Bonchev–Trinajstić information content (AvgIpc) is 3.31. The molecule has 1 heterocycles. The van der Waals surface area contributed by atoms with E-state index in [1.54, 1.807) is 31.4 Å². The summed E-state index contributed by atoms with van der Waals surface area (Å²) >= 11 is 0. The highest BCUT2D eigenvalue weighted by Crippen LogP contribution is 2.37. The molecule has 0 saturated heterocycles. The van der Waals surface area contributed by atoms with Crippen LogP contribution in [0, 0.1) is 12.8 Å². The number of aryl methyl sites for hydroxylation is 1. The van der Waals surface area contributed by atoms with Gasteiger partial charge in [-0.3, -0.25) is 4.18 Å². The molecule has 0 aliphatic heterocycles. The first kappa shape index (κ1) is 23.3. The summed E-state index contributed by atoms with van der Waals surface area (Å²) in [5.41, 5.74) is 2.02. The fourth-order valence-electron chi connectivity index (χ4n) is 3.98. The first-order chi connectivity index (χ1) is 15.9. The lowest BCUT2D eigenvalue weighted by molar-refractivity contribution is 0.194. The molecule has 0 unspecified atom stereocenters. The van der Waals surface area contributed by atoms with Crippen molar-refractivity contribution in [2.45, 2.75) is 50.0 Å². The van der Waals surface area contributed by atoms with Crippen LogP contribution in [-0.4, -0.2) is 27.3 Å². The van der Waals surface area contributed by atoms with Crippen LogP contribution in [0.5, 0.6) is 11.6 Å². The van der Waals surface area contributed by atoms with Crippen molar-refractivity contribution in [3.63, 3.8) is 0 Å². The van der Waals surface area contributed by atoms with Crippen molar-refractivity contribution in [1.82, 2.24) is 5.16 Å². The van der Waals surface area contributed by atoms with E-state index >= 15 is 0 Å². The van der Waals surface area contributed by atoms with Crippen LogP contribution in [-0.2, 0) is 20.9 Å². The first-order valence-electron chi connectivity index (χ1n) is 11.1. The highest BCUT2D eigenvalue weighted by molar-refractivity contribution is 7.86. The molecule has 0 N–H and O–H groups in total. The van der Waals surface area contributed by atoms with Crippen LogP contribution < -0.4 is 9.47 Å². The van der Waals surface area contributed by atoms with Gasteiger partial charge < -0.3 is 14.0 Å². The van der Waals surface area contributed by atoms with E-state index in [1.807, 2.05) is 37.3 Å². The van der Waals surface area contributed by atoms with E-state index in [-0.39, 0.29) is 23.3 Å². The van der Waals surface area contributed by atoms with E-state index in [2.05, 4.69) is 5.16 Å². The minimum atomic E-state index is -3.72. The Kier molecular flexibility index (Phi) is 7.35. The van der Waals surface area contributed by atoms with Crippen LogP contribution in [0.1, 0.15) is 48.5 Å². The van der Waals surface area contributed by atoms with Crippen molar-refractivity contribution >= 4 is 10.1 Å². The zero-order valence-corrected chi connectivity index (χ0v) is 19.7. The molecule has 0 amide bonds. The van der Waals surface area contributed by atoms with Crippen molar-refractivity contribution in [3.05, 3.63) is 71.5 Å². The van der Waals surface area contributed by atoms with Gasteiger partial charge in [-0.15, -0.1) is 0 Å². The summed E-state index contributed by atoms with van der Waals surface area (Å²) in [4.78, 5) is 0.200. The zero-order chi connectivity index (χ0) is 23.3. The smallest absolute Gasteiger partial charge is 0.296 e. The summed E-state index contributed by atoms with van der Waals surface area (Å²) in [7, 11) is -2.09. The lowest BCUT2D eigenvalue weighted by atomic mass is 9.81.